The summed E-state index contributed by atoms with van der Waals surface area (Å²) >= 11 is 0. The molecule has 238 valence electrons. The zero-order chi connectivity index (χ0) is 32.3. The van der Waals surface area contributed by atoms with Crippen LogP contribution in [0.2, 0.25) is 0 Å². The highest BCUT2D eigenvalue weighted by Crippen LogP contribution is 2.32. The molecule has 1 fully saturated rings. The maximum absolute atomic E-state index is 13.7. The minimum atomic E-state index is -0.970. The number of carbonyl (C=O) groups excluding carboxylic acids is 3. The number of carboxylic acid groups (broad SMARTS) is 1. The number of hydrogen-bond donors (Lipinski definition) is 3. The van der Waals surface area contributed by atoms with Crippen LogP contribution in [-0.2, 0) is 20.8 Å². The average Bonchev–Trinajstić information content (AvgIpc) is 3.01. The van der Waals surface area contributed by atoms with Gasteiger partial charge in [0.2, 0.25) is 5.91 Å². The monoisotopic (exact) mass is 614 g/mol. The number of benzene rings is 3. The Bertz CT molecular complexity index is 1500. The Morgan fingerprint density at radius 1 is 0.889 bits per heavy atom. The molecule has 0 aliphatic heterocycles. The molecule has 0 radical (unpaired) electrons. The van der Waals surface area contributed by atoms with E-state index in [2.05, 4.69) is 10.6 Å². The van der Waals surface area contributed by atoms with E-state index in [4.69, 9.17) is 9.84 Å². The third kappa shape index (κ3) is 9.82. The van der Waals surface area contributed by atoms with E-state index in [9.17, 15) is 19.2 Å². The van der Waals surface area contributed by atoms with E-state index >= 15 is 0 Å². The van der Waals surface area contributed by atoms with Crippen LogP contribution >= 0.6 is 0 Å². The van der Waals surface area contributed by atoms with E-state index < -0.39 is 12.0 Å². The van der Waals surface area contributed by atoms with Crippen molar-refractivity contribution in [2.75, 3.05) is 41.9 Å². The van der Waals surface area contributed by atoms with E-state index in [0.717, 1.165) is 42.5 Å². The summed E-state index contributed by atoms with van der Waals surface area (Å²) in [5.74, 6) is -0.805. The number of carbonyl (C=O) groups is 4. The number of nitrogens with zero attached hydrogens (tertiary/aromatic N) is 2. The Labute approximate surface area is 264 Å². The molecule has 1 aliphatic rings. The molecule has 10 nitrogen and oxygen atoms in total. The number of aliphatic carboxylic acids is 1. The van der Waals surface area contributed by atoms with Crippen molar-refractivity contribution in [3.8, 4) is 5.75 Å². The molecule has 1 aliphatic carbocycles. The van der Waals surface area contributed by atoms with Gasteiger partial charge in [-0.05, 0) is 85.7 Å². The SMILES string of the molecule is Cc1cc(C)cc(N(C)C(=O)COc2ccccc2N(CC2CCCCC2)C(=O)CNC(=O)Nc2cccc(CC(=O)O)c2)c1. The lowest BCUT2D eigenvalue weighted by Crippen LogP contribution is -2.44. The topological polar surface area (TPSA) is 128 Å². The number of urea groups is 1. The molecule has 0 bridgehead atoms. The Morgan fingerprint density at radius 2 is 1.60 bits per heavy atom. The summed E-state index contributed by atoms with van der Waals surface area (Å²) in [6, 6.07) is 19.0. The first-order valence-corrected chi connectivity index (χ1v) is 15.3. The molecule has 1 saturated carbocycles. The fraction of sp³-hybridized carbons (Fsp3) is 0.371. The lowest BCUT2D eigenvalue weighted by molar-refractivity contribution is -0.136. The molecule has 0 unspecified atom stereocenters. The molecule has 0 heterocycles. The summed E-state index contributed by atoms with van der Waals surface area (Å²) < 4.78 is 6.04. The van der Waals surface area contributed by atoms with Crippen LogP contribution in [0, 0.1) is 19.8 Å². The van der Waals surface area contributed by atoms with Crippen molar-refractivity contribution in [3.05, 3.63) is 83.4 Å². The maximum atomic E-state index is 13.7. The van der Waals surface area contributed by atoms with Crippen LogP contribution in [0.5, 0.6) is 5.75 Å². The van der Waals surface area contributed by atoms with Gasteiger partial charge in [0, 0.05) is 25.0 Å². The number of aryl methyl sites for hydroxylation is 2. The van der Waals surface area contributed by atoms with Crippen LogP contribution in [0.3, 0.4) is 0 Å². The van der Waals surface area contributed by atoms with Crippen molar-refractivity contribution < 1.29 is 29.0 Å². The number of amides is 4. The van der Waals surface area contributed by atoms with Gasteiger partial charge in [0.15, 0.2) is 6.61 Å². The van der Waals surface area contributed by atoms with Crippen molar-refractivity contribution >= 4 is 40.9 Å². The number of nitrogens with one attached hydrogen (secondary N) is 2. The lowest BCUT2D eigenvalue weighted by Gasteiger charge is -2.31. The van der Waals surface area contributed by atoms with Gasteiger partial charge in [-0.25, -0.2) is 4.79 Å². The van der Waals surface area contributed by atoms with E-state index in [-0.39, 0.29) is 31.4 Å². The summed E-state index contributed by atoms with van der Waals surface area (Å²) in [4.78, 5) is 53.7. The minimum Gasteiger partial charge on any atom is -0.482 e. The summed E-state index contributed by atoms with van der Waals surface area (Å²) in [5, 5.41) is 14.3. The predicted octanol–water partition coefficient (Wildman–Crippen LogP) is 5.71. The van der Waals surface area contributed by atoms with Crippen LogP contribution in [0.4, 0.5) is 21.9 Å². The fourth-order valence-corrected chi connectivity index (χ4v) is 5.65. The first kappa shape index (κ1) is 33.0. The van der Waals surface area contributed by atoms with E-state index in [1.807, 2.05) is 38.1 Å². The third-order valence-electron chi connectivity index (χ3n) is 7.88. The summed E-state index contributed by atoms with van der Waals surface area (Å²) in [5.41, 5.74) is 4.40. The molecule has 4 rings (SSSR count). The Morgan fingerprint density at radius 3 is 2.31 bits per heavy atom. The molecule has 0 atom stereocenters. The molecule has 4 amide bonds. The van der Waals surface area contributed by atoms with Gasteiger partial charge in [-0.15, -0.1) is 0 Å². The highest BCUT2D eigenvalue weighted by molar-refractivity contribution is 6.00. The number of carboxylic acids is 1. The van der Waals surface area contributed by atoms with Gasteiger partial charge in [-0.1, -0.05) is 49.6 Å². The molecule has 10 heteroatoms. The van der Waals surface area contributed by atoms with Gasteiger partial charge in [0.05, 0.1) is 18.7 Å². The van der Waals surface area contributed by atoms with Gasteiger partial charge >= 0.3 is 12.0 Å². The van der Waals surface area contributed by atoms with Crippen LogP contribution in [0.15, 0.2) is 66.7 Å². The molecule has 3 aromatic carbocycles. The molecule has 0 spiro atoms. The van der Waals surface area contributed by atoms with Gasteiger partial charge in [0.25, 0.3) is 5.91 Å². The molecular weight excluding hydrogens is 572 g/mol. The van der Waals surface area contributed by atoms with Crippen molar-refractivity contribution in [1.29, 1.82) is 0 Å². The number of rotatable bonds is 12. The Kier molecular flexibility index (Phi) is 11.6. The van der Waals surface area contributed by atoms with Gasteiger partial charge in [-0.2, -0.15) is 0 Å². The Hall–Kier alpha value is -4.86. The van der Waals surface area contributed by atoms with E-state index in [0.29, 0.717) is 35.2 Å². The van der Waals surface area contributed by atoms with Crippen LogP contribution in [0.1, 0.15) is 48.8 Å². The van der Waals surface area contributed by atoms with Gasteiger partial charge in [-0.3, -0.25) is 14.4 Å². The first-order valence-electron chi connectivity index (χ1n) is 15.3. The number of anilines is 3. The van der Waals surface area contributed by atoms with Crippen molar-refractivity contribution in [1.82, 2.24) is 5.32 Å². The number of para-hydroxylation sites is 2. The fourth-order valence-electron chi connectivity index (χ4n) is 5.65. The van der Waals surface area contributed by atoms with Crippen LogP contribution < -0.4 is 25.2 Å². The third-order valence-corrected chi connectivity index (χ3v) is 7.88. The molecule has 0 aromatic heterocycles. The number of ether oxygens (including phenoxy) is 1. The summed E-state index contributed by atoms with van der Waals surface area (Å²) in [7, 11) is 1.71. The van der Waals surface area contributed by atoms with E-state index in [1.165, 1.54) is 6.42 Å². The molecule has 3 N–H and O–H groups in total. The zero-order valence-electron chi connectivity index (χ0n) is 26.2. The average molecular weight is 615 g/mol. The van der Waals surface area contributed by atoms with Gasteiger partial charge in [0.1, 0.15) is 5.75 Å². The van der Waals surface area contributed by atoms with Crippen molar-refractivity contribution in [3.63, 3.8) is 0 Å². The number of likely N-dealkylation sites (N-methyl/N-ethyl adjacent to an activating group) is 1. The second-order valence-electron chi connectivity index (χ2n) is 11.6. The molecule has 45 heavy (non-hydrogen) atoms. The lowest BCUT2D eigenvalue weighted by atomic mass is 9.89. The van der Waals surface area contributed by atoms with Crippen molar-refractivity contribution in [2.45, 2.75) is 52.4 Å². The van der Waals surface area contributed by atoms with Crippen molar-refractivity contribution in [2.24, 2.45) is 5.92 Å². The predicted molar refractivity (Wildman–Crippen MR) is 175 cm³/mol. The summed E-state index contributed by atoms with van der Waals surface area (Å²) in [6.07, 6.45) is 5.23. The normalized spacial score (nSPS) is 13.0. The number of hydrogen-bond acceptors (Lipinski definition) is 5. The second-order valence-corrected chi connectivity index (χ2v) is 11.6. The largest absolute Gasteiger partial charge is 0.482 e. The first-order chi connectivity index (χ1) is 21.6. The minimum absolute atomic E-state index is 0.166. The summed E-state index contributed by atoms with van der Waals surface area (Å²) in [6.45, 7) is 3.95. The smallest absolute Gasteiger partial charge is 0.319 e. The molecule has 3 aromatic rings. The standard InChI is InChI=1S/C35H42N4O6/c1-24-16-25(2)18-29(17-24)38(3)33(41)23-45-31-15-8-7-14-30(31)39(22-26-10-5-4-6-11-26)32(40)21-36-35(44)37-28-13-9-12-27(19-28)20-34(42)43/h7-9,12-19,26H,4-6,10-11,20-23H2,1-3H3,(H,42,43)(H2,36,37,44). The maximum Gasteiger partial charge on any atom is 0.319 e. The highest BCUT2D eigenvalue weighted by Gasteiger charge is 2.25. The van der Waals surface area contributed by atoms with Crippen LogP contribution in [0.25, 0.3) is 0 Å². The Balaban J connectivity index is 1.45. The van der Waals surface area contributed by atoms with Gasteiger partial charge < -0.3 is 30.3 Å². The van der Waals surface area contributed by atoms with Crippen LogP contribution in [-0.4, -0.2) is 55.7 Å². The second kappa shape index (κ2) is 15.7. The highest BCUT2D eigenvalue weighted by atomic mass is 16.5. The quantitative estimate of drug-likeness (QED) is 0.240. The van der Waals surface area contributed by atoms with E-state index in [1.54, 1.807) is 59.3 Å². The molecule has 0 saturated heterocycles. The molecular formula is C35H42N4O6. The zero-order valence-corrected chi connectivity index (χ0v) is 26.2.